The second-order valence-corrected chi connectivity index (χ2v) is 8.53. The van der Waals surface area contributed by atoms with E-state index in [1.807, 2.05) is 19.1 Å². The molecule has 2 aliphatic heterocycles. The van der Waals surface area contributed by atoms with Crippen LogP contribution in [-0.4, -0.2) is 48.0 Å². The van der Waals surface area contributed by atoms with Gasteiger partial charge in [-0.3, -0.25) is 19.3 Å². The molecule has 174 valence electrons. The monoisotopic (exact) mass is 453 g/mol. The summed E-state index contributed by atoms with van der Waals surface area (Å²) >= 11 is 0. The molecule has 7 nitrogen and oxygen atoms in total. The molecule has 0 aromatic heterocycles. The van der Waals surface area contributed by atoms with Crippen LogP contribution < -0.4 is 15.0 Å². The number of hydrogen-bond donors (Lipinski definition) is 1. The number of carbonyl (C=O) groups excluding carboxylic acids is 3. The van der Waals surface area contributed by atoms with E-state index < -0.39 is 5.66 Å². The van der Waals surface area contributed by atoms with Gasteiger partial charge in [0.1, 0.15) is 17.2 Å². The molecule has 1 atom stereocenters. The topological polar surface area (TPSA) is 79.0 Å². The lowest BCUT2D eigenvalue weighted by molar-refractivity contribution is -0.121. The minimum atomic E-state index is -0.698. The molecule has 0 spiro atoms. The molecule has 2 heterocycles. The average molecular weight is 454 g/mol. The normalized spacial score (nSPS) is 19.3. The molecule has 3 amide bonds. The Morgan fingerprint density at radius 2 is 1.88 bits per heavy atom. The first-order valence-electron chi connectivity index (χ1n) is 11.3. The van der Waals surface area contributed by atoms with E-state index in [1.54, 1.807) is 34.1 Å². The number of amides is 3. The number of rotatable bonds is 9. The van der Waals surface area contributed by atoms with Crippen molar-refractivity contribution in [3.05, 3.63) is 59.9 Å². The van der Waals surface area contributed by atoms with Gasteiger partial charge in [-0.25, -0.2) is 4.39 Å². The third kappa shape index (κ3) is 4.69. The number of benzene rings is 2. The molecular weight excluding hydrogens is 425 g/mol. The number of halogens is 1. The Kier molecular flexibility index (Phi) is 6.62. The fraction of sp³-hybridized carbons (Fsp3) is 0.400. The van der Waals surface area contributed by atoms with Crippen LogP contribution in [0.4, 0.5) is 10.1 Å². The molecule has 0 bridgehead atoms. The van der Waals surface area contributed by atoms with Gasteiger partial charge in [-0.15, -0.1) is 0 Å². The zero-order chi connectivity index (χ0) is 23.4. The van der Waals surface area contributed by atoms with Crippen molar-refractivity contribution in [3.63, 3.8) is 0 Å². The lowest BCUT2D eigenvalue weighted by atomic mass is 9.98. The van der Waals surface area contributed by atoms with E-state index in [1.165, 1.54) is 12.1 Å². The minimum Gasteiger partial charge on any atom is -0.494 e. The standard InChI is InChI=1S/C25H28FN3O4/c1-25-14-13-23(31)29(25)21-7-3-2-6-20(21)24(32)28(25)16-4-8-22(30)27-15-5-17-33-19-11-9-18(26)10-12-19/h2-3,6-7,9-12H,4-5,8,13-17H2,1H3,(H,27,30). The van der Waals surface area contributed by atoms with Crippen LogP contribution in [0.15, 0.2) is 48.5 Å². The zero-order valence-corrected chi connectivity index (χ0v) is 18.7. The molecule has 1 saturated heterocycles. The molecular formula is C25H28FN3O4. The van der Waals surface area contributed by atoms with Crippen molar-refractivity contribution in [3.8, 4) is 5.75 Å². The molecule has 4 rings (SSSR count). The molecule has 1 unspecified atom stereocenters. The highest BCUT2D eigenvalue weighted by molar-refractivity contribution is 6.10. The van der Waals surface area contributed by atoms with Crippen molar-refractivity contribution in [2.24, 2.45) is 0 Å². The predicted molar refractivity (Wildman–Crippen MR) is 121 cm³/mol. The van der Waals surface area contributed by atoms with Gasteiger partial charge in [-0.1, -0.05) is 12.1 Å². The largest absolute Gasteiger partial charge is 0.494 e. The fourth-order valence-electron chi connectivity index (χ4n) is 4.55. The van der Waals surface area contributed by atoms with Crippen LogP contribution in [0.2, 0.25) is 0 Å². The molecule has 2 aromatic carbocycles. The van der Waals surface area contributed by atoms with Gasteiger partial charge in [0, 0.05) is 25.9 Å². The Bertz CT molecular complexity index is 1040. The Balaban J connectivity index is 1.24. The highest BCUT2D eigenvalue weighted by Crippen LogP contribution is 2.43. The van der Waals surface area contributed by atoms with Gasteiger partial charge < -0.3 is 15.0 Å². The van der Waals surface area contributed by atoms with E-state index in [9.17, 15) is 18.8 Å². The molecule has 1 fully saturated rings. The number of nitrogens with one attached hydrogen (secondary N) is 1. The summed E-state index contributed by atoms with van der Waals surface area (Å²) in [6, 6.07) is 13.0. The van der Waals surface area contributed by atoms with Crippen LogP contribution in [0.3, 0.4) is 0 Å². The molecule has 0 saturated carbocycles. The van der Waals surface area contributed by atoms with E-state index in [0.717, 1.165) is 0 Å². The summed E-state index contributed by atoms with van der Waals surface area (Å²) < 4.78 is 18.4. The van der Waals surface area contributed by atoms with Crippen molar-refractivity contribution >= 4 is 23.4 Å². The van der Waals surface area contributed by atoms with Crippen LogP contribution in [0.25, 0.3) is 0 Å². The van der Waals surface area contributed by atoms with Gasteiger partial charge in [0.15, 0.2) is 0 Å². The second-order valence-electron chi connectivity index (χ2n) is 8.53. The molecule has 8 heteroatoms. The summed E-state index contributed by atoms with van der Waals surface area (Å²) in [6.45, 7) is 3.20. The number of para-hydroxylation sites is 1. The van der Waals surface area contributed by atoms with Crippen LogP contribution >= 0.6 is 0 Å². The maximum Gasteiger partial charge on any atom is 0.257 e. The predicted octanol–water partition coefficient (Wildman–Crippen LogP) is 3.49. The number of hydrogen-bond acceptors (Lipinski definition) is 4. The van der Waals surface area contributed by atoms with E-state index in [0.29, 0.717) is 62.4 Å². The third-order valence-corrected chi connectivity index (χ3v) is 6.26. The summed E-state index contributed by atoms with van der Waals surface area (Å²) in [6.07, 6.45) is 2.39. The zero-order valence-electron chi connectivity index (χ0n) is 18.7. The van der Waals surface area contributed by atoms with Crippen molar-refractivity contribution < 1.29 is 23.5 Å². The van der Waals surface area contributed by atoms with Gasteiger partial charge >= 0.3 is 0 Å². The summed E-state index contributed by atoms with van der Waals surface area (Å²) in [5, 5.41) is 2.86. The first kappa shape index (κ1) is 22.8. The summed E-state index contributed by atoms with van der Waals surface area (Å²) in [5.41, 5.74) is 0.497. The first-order valence-corrected chi connectivity index (χ1v) is 11.3. The number of anilines is 1. The Hall–Kier alpha value is -3.42. The van der Waals surface area contributed by atoms with Gasteiger partial charge in [-0.2, -0.15) is 0 Å². The van der Waals surface area contributed by atoms with Crippen LogP contribution in [0, 0.1) is 5.82 Å². The van der Waals surface area contributed by atoms with Gasteiger partial charge in [-0.05, 0) is 62.6 Å². The molecule has 0 aliphatic carbocycles. The van der Waals surface area contributed by atoms with Gasteiger partial charge in [0.05, 0.1) is 17.9 Å². The van der Waals surface area contributed by atoms with Crippen LogP contribution in [0.1, 0.15) is 49.4 Å². The maximum atomic E-state index is 13.2. The molecule has 1 N–H and O–H groups in total. The molecule has 2 aliphatic rings. The fourth-order valence-corrected chi connectivity index (χ4v) is 4.55. The average Bonchev–Trinajstić information content (AvgIpc) is 3.12. The Labute approximate surface area is 192 Å². The van der Waals surface area contributed by atoms with Crippen LogP contribution in [-0.2, 0) is 9.59 Å². The minimum absolute atomic E-state index is 0.0167. The number of ether oxygens (including phenoxy) is 1. The number of carbonyl (C=O) groups is 3. The molecule has 2 aromatic rings. The maximum absolute atomic E-state index is 13.2. The highest BCUT2D eigenvalue weighted by Gasteiger charge is 2.52. The van der Waals surface area contributed by atoms with Crippen molar-refractivity contribution in [1.29, 1.82) is 0 Å². The van der Waals surface area contributed by atoms with E-state index in [4.69, 9.17) is 4.74 Å². The van der Waals surface area contributed by atoms with Crippen LogP contribution in [0.5, 0.6) is 5.75 Å². The van der Waals surface area contributed by atoms with E-state index in [-0.39, 0.29) is 30.0 Å². The van der Waals surface area contributed by atoms with Gasteiger partial charge in [0.25, 0.3) is 5.91 Å². The quantitative estimate of drug-likeness (QED) is 0.590. The lowest BCUT2D eigenvalue weighted by Crippen LogP contribution is -2.62. The number of fused-ring (bicyclic) bond motifs is 3. The highest BCUT2D eigenvalue weighted by atomic mass is 19.1. The third-order valence-electron chi connectivity index (χ3n) is 6.26. The van der Waals surface area contributed by atoms with Crippen molar-refractivity contribution in [2.75, 3.05) is 24.6 Å². The molecule has 0 radical (unpaired) electrons. The summed E-state index contributed by atoms with van der Waals surface area (Å²) in [4.78, 5) is 41.5. The van der Waals surface area contributed by atoms with E-state index >= 15 is 0 Å². The van der Waals surface area contributed by atoms with Gasteiger partial charge in [0.2, 0.25) is 11.8 Å². The lowest BCUT2D eigenvalue weighted by Gasteiger charge is -2.48. The van der Waals surface area contributed by atoms with Crippen molar-refractivity contribution in [2.45, 2.75) is 44.7 Å². The smallest absolute Gasteiger partial charge is 0.257 e. The second kappa shape index (κ2) is 9.60. The SMILES string of the molecule is CC12CCC(=O)N1c1ccccc1C(=O)N2CCCC(=O)NCCCOc1ccc(F)cc1. The summed E-state index contributed by atoms with van der Waals surface area (Å²) in [7, 11) is 0. The Morgan fingerprint density at radius 1 is 1.12 bits per heavy atom. The number of nitrogens with zero attached hydrogens (tertiary/aromatic N) is 2. The molecule has 33 heavy (non-hydrogen) atoms. The first-order chi connectivity index (χ1) is 15.9. The van der Waals surface area contributed by atoms with E-state index in [2.05, 4.69) is 5.32 Å². The Morgan fingerprint density at radius 3 is 2.67 bits per heavy atom. The van der Waals surface area contributed by atoms with Crippen molar-refractivity contribution in [1.82, 2.24) is 10.2 Å². The summed E-state index contributed by atoms with van der Waals surface area (Å²) in [5.74, 6) is 0.0985.